The minimum absolute atomic E-state index is 0.231. The van der Waals surface area contributed by atoms with E-state index in [1.807, 2.05) is 42.2 Å². The first-order chi connectivity index (χ1) is 12.7. The van der Waals surface area contributed by atoms with Crippen molar-refractivity contribution in [3.05, 3.63) is 30.3 Å². The van der Waals surface area contributed by atoms with Gasteiger partial charge in [0.25, 0.3) is 0 Å². The number of aliphatic imine (C=N–C) groups is 1. The summed E-state index contributed by atoms with van der Waals surface area (Å²) in [6.07, 6.45) is 3.50. The predicted octanol–water partition coefficient (Wildman–Crippen LogP) is 2.41. The molecule has 1 heterocycles. The molecule has 1 aliphatic rings. The van der Waals surface area contributed by atoms with Gasteiger partial charge in [0.2, 0.25) is 5.91 Å². The summed E-state index contributed by atoms with van der Waals surface area (Å²) in [5.74, 6) is 1.99. The molecule has 2 rings (SSSR count). The third-order valence-corrected chi connectivity index (χ3v) is 4.36. The number of carbonyl (C=O) groups excluding carboxylic acids is 1. The highest BCUT2D eigenvalue weighted by molar-refractivity contribution is 5.80. The molecule has 6 heteroatoms. The highest BCUT2D eigenvalue weighted by Gasteiger charge is 2.25. The molecule has 1 aliphatic heterocycles. The smallest absolute Gasteiger partial charge is 0.222 e. The van der Waals surface area contributed by atoms with Gasteiger partial charge in [-0.3, -0.25) is 9.79 Å². The highest BCUT2D eigenvalue weighted by atomic mass is 16.5. The van der Waals surface area contributed by atoms with E-state index in [-0.39, 0.29) is 11.9 Å². The van der Waals surface area contributed by atoms with Gasteiger partial charge in [0.05, 0.1) is 6.61 Å². The lowest BCUT2D eigenvalue weighted by molar-refractivity contribution is -0.129. The molecule has 0 aromatic heterocycles. The monoisotopic (exact) mass is 360 g/mol. The van der Waals surface area contributed by atoms with E-state index in [1.165, 1.54) is 0 Å². The number of benzene rings is 1. The Bertz CT molecular complexity index is 562. The molecule has 6 nitrogen and oxygen atoms in total. The Labute approximate surface area is 157 Å². The molecular formula is C20H32N4O2. The minimum Gasteiger partial charge on any atom is -0.494 e. The molecule has 1 saturated heterocycles. The van der Waals surface area contributed by atoms with Crippen LogP contribution in [-0.4, -0.2) is 55.6 Å². The standard InChI is InChI=1S/C20H32N4O2/c1-3-19(25)24-14-12-17(16-24)23-20(21-4-2)22-13-8-9-15-26-18-10-6-5-7-11-18/h5-7,10-11,17H,3-4,8-9,12-16H2,1-2H3,(H2,21,22,23). The number of guanidine groups is 1. The number of ether oxygens (including phenoxy) is 1. The first-order valence-electron chi connectivity index (χ1n) is 9.73. The molecule has 144 valence electrons. The maximum Gasteiger partial charge on any atom is 0.222 e. The van der Waals surface area contributed by atoms with E-state index in [2.05, 4.69) is 22.5 Å². The van der Waals surface area contributed by atoms with Crippen molar-refractivity contribution in [2.45, 2.75) is 45.6 Å². The zero-order valence-corrected chi connectivity index (χ0v) is 16.0. The second-order valence-corrected chi connectivity index (χ2v) is 6.45. The Morgan fingerprint density at radius 2 is 2.08 bits per heavy atom. The third-order valence-electron chi connectivity index (χ3n) is 4.36. The van der Waals surface area contributed by atoms with E-state index in [4.69, 9.17) is 4.74 Å². The van der Waals surface area contributed by atoms with E-state index in [1.54, 1.807) is 0 Å². The number of hydrogen-bond donors (Lipinski definition) is 2. The SMILES string of the molecule is CCNC(=NCCCCOc1ccccc1)NC1CCN(C(=O)CC)C1. The van der Waals surface area contributed by atoms with Crippen LogP contribution in [0.5, 0.6) is 5.75 Å². The van der Waals surface area contributed by atoms with Crippen LogP contribution >= 0.6 is 0 Å². The first-order valence-corrected chi connectivity index (χ1v) is 9.73. The molecule has 26 heavy (non-hydrogen) atoms. The second-order valence-electron chi connectivity index (χ2n) is 6.45. The maximum absolute atomic E-state index is 11.8. The van der Waals surface area contributed by atoms with Gasteiger partial charge in [-0.2, -0.15) is 0 Å². The van der Waals surface area contributed by atoms with Gasteiger partial charge in [-0.15, -0.1) is 0 Å². The lowest BCUT2D eigenvalue weighted by Gasteiger charge is -2.18. The number of nitrogens with one attached hydrogen (secondary N) is 2. The molecule has 1 aromatic carbocycles. The molecule has 0 bridgehead atoms. The number of amides is 1. The highest BCUT2D eigenvalue weighted by Crippen LogP contribution is 2.11. The van der Waals surface area contributed by atoms with Crippen LogP contribution in [0.3, 0.4) is 0 Å². The van der Waals surface area contributed by atoms with Crippen molar-refractivity contribution in [1.82, 2.24) is 15.5 Å². The van der Waals surface area contributed by atoms with Crippen molar-refractivity contribution in [3.63, 3.8) is 0 Å². The summed E-state index contributed by atoms with van der Waals surface area (Å²) in [6, 6.07) is 10.2. The van der Waals surface area contributed by atoms with E-state index in [0.29, 0.717) is 13.0 Å². The van der Waals surface area contributed by atoms with Crippen LogP contribution in [0.1, 0.15) is 39.5 Å². The molecule has 0 saturated carbocycles. The summed E-state index contributed by atoms with van der Waals surface area (Å²) in [5.41, 5.74) is 0. The fourth-order valence-electron chi connectivity index (χ4n) is 2.95. The molecule has 0 aliphatic carbocycles. The summed E-state index contributed by atoms with van der Waals surface area (Å²) in [7, 11) is 0. The molecule has 2 N–H and O–H groups in total. The maximum atomic E-state index is 11.8. The summed E-state index contributed by atoms with van der Waals surface area (Å²) in [6.45, 7) is 7.87. The van der Waals surface area contributed by atoms with Gasteiger partial charge in [0.15, 0.2) is 5.96 Å². The third kappa shape index (κ3) is 6.94. The first kappa shape index (κ1) is 20.1. The van der Waals surface area contributed by atoms with Crippen molar-refractivity contribution in [1.29, 1.82) is 0 Å². The number of para-hydroxylation sites is 1. The van der Waals surface area contributed by atoms with Crippen molar-refractivity contribution in [2.75, 3.05) is 32.8 Å². The van der Waals surface area contributed by atoms with E-state index in [0.717, 1.165) is 57.2 Å². The molecule has 1 amide bonds. The average Bonchev–Trinajstić information content (AvgIpc) is 3.13. The molecule has 1 fully saturated rings. The Kier molecular flexibility index (Phi) is 8.79. The molecule has 1 unspecified atom stereocenters. The van der Waals surface area contributed by atoms with Crippen LogP contribution in [0, 0.1) is 0 Å². The van der Waals surface area contributed by atoms with Gasteiger partial charge in [-0.05, 0) is 38.3 Å². The van der Waals surface area contributed by atoms with E-state index >= 15 is 0 Å². The Morgan fingerprint density at radius 3 is 2.81 bits per heavy atom. The number of nitrogens with zero attached hydrogens (tertiary/aromatic N) is 2. The Morgan fingerprint density at radius 1 is 1.27 bits per heavy atom. The summed E-state index contributed by atoms with van der Waals surface area (Å²) in [5, 5.41) is 6.74. The zero-order chi connectivity index (χ0) is 18.6. The van der Waals surface area contributed by atoms with Gasteiger partial charge in [-0.25, -0.2) is 0 Å². The summed E-state index contributed by atoms with van der Waals surface area (Å²) in [4.78, 5) is 18.4. The largest absolute Gasteiger partial charge is 0.494 e. The van der Waals surface area contributed by atoms with Crippen LogP contribution in [0.2, 0.25) is 0 Å². The fourth-order valence-corrected chi connectivity index (χ4v) is 2.95. The van der Waals surface area contributed by atoms with E-state index < -0.39 is 0 Å². The Balaban J connectivity index is 1.67. The van der Waals surface area contributed by atoms with Gasteiger partial charge < -0.3 is 20.3 Å². The van der Waals surface area contributed by atoms with Gasteiger partial charge >= 0.3 is 0 Å². The van der Waals surface area contributed by atoms with Crippen molar-refractivity contribution >= 4 is 11.9 Å². The van der Waals surface area contributed by atoms with Gasteiger partial charge in [-0.1, -0.05) is 25.1 Å². The van der Waals surface area contributed by atoms with Crippen molar-refractivity contribution < 1.29 is 9.53 Å². The van der Waals surface area contributed by atoms with Gasteiger partial charge in [0, 0.05) is 38.6 Å². The minimum atomic E-state index is 0.231. The fraction of sp³-hybridized carbons (Fsp3) is 0.600. The zero-order valence-electron chi connectivity index (χ0n) is 16.0. The van der Waals surface area contributed by atoms with Crippen LogP contribution in [-0.2, 0) is 4.79 Å². The van der Waals surface area contributed by atoms with Crippen molar-refractivity contribution in [2.24, 2.45) is 4.99 Å². The van der Waals surface area contributed by atoms with Crippen LogP contribution in [0.15, 0.2) is 35.3 Å². The van der Waals surface area contributed by atoms with Crippen molar-refractivity contribution in [3.8, 4) is 5.75 Å². The molecule has 0 spiro atoms. The number of likely N-dealkylation sites (tertiary alicyclic amines) is 1. The quantitative estimate of drug-likeness (QED) is 0.403. The Hall–Kier alpha value is -2.24. The molecular weight excluding hydrogens is 328 g/mol. The number of unbranched alkanes of at least 4 members (excludes halogenated alkanes) is 1. The van der Waals surface area contributed by atoms with Gasteiger partial charge in [0.1, 0.15) is 5.75 Å². The van der Waals surface area contributed by atoms with Crippen LogP contribution in [0.4, 0.5) is 0 Å². The normalized spacial score (nSPS) is 17.2. The summed E-state index contributed by atoms with van der Waals surface area (Å²) < 4.78 is 5.70. The van der Waals surface area contributed by atoms with Crippen LogP contribution < -0.4 is 15.4 Å². The number of carbonyl (C=O) groups is 1. The summed E-state index contributed by atoms with van der Waals surface area (Å²) >= 11 is 0. The van der Waals surface area contributed by atoms with E-state index in [9.17, 15) is 4.79 Å². The number of rotatable bonds is 9. The average molecular weight is 361 g/mol. The lowest BCUT2D eigenvalue weighted by Crippen LogP contribution is -2.45. The lowest BCUT2D eigenvalue weighted by atomic mass is 10.3. The molecule has 0 radical (unpaired) electrons. The topological polar surface area (TPSA) is 66.0 Å². The second kappa shape index (κ2) is 11.4. The molecule has 1 atom stereocenters. The number of hydrogen-bond acceptors (Lipinski definition) is 3. The van der Waals surface area contributed by atoms with Crippen LogP contribution in [0.25, 0.3) is 0 Å². The molecule has 1 aromatic rings. The predicted molar refractivity (Wildman–Crippen MR) is 106 cm³/mol.